The quantitative estimate of drug-likeness (QED) is 0.151. The molecule has 0 amide bonds. The van der Waals surface area contributed by atoms with Crippen LogP contribution in [0.2, 0.25) is 78.6 Å². The molecule has 0 heterocycles. The molecule has 0 aliphatic rings. The summed E-state index contributed by atoms with van der Waals surface area (Å²) in [6, 6.07) is 24.9. The summed E-state index contributed by atoms with van der Waals surface area (Å²) in [4.78, 5) is 0. The van der Waals surface area contributed by atoms with Gasteiger partial charge in [0.05, 0.1) is 32.3 Å². The van der Waals surface area contributed by atoms with Gasteiger partial charge in [0.2, 0.25) is 0 Å². The van der Waals surface area contributed by atoms with Gasteiger partial charge in [-0.25, -0.2) is 0 Å². The number of fused-ring (bicyclic) bond motifs is 4. The zero-order valence-corrected chi connectivity index (χ0v) is 29.8. The highest BCUT2D eigenvalue weighted by Crippen LogP contribution is 2.30. The summed E-state index contributed by atoms with van der Waals surface area (Å²) < 4.78 is 0. The molecular formula is C34H46Si4. The van der Waals surface area contributed by atoms with Crippen LogP contribution < -0.4 is 20.7 Å². The molecule has 5 aromatic rings. The second-order valence-electron chi connectivity index (χ2n) is 15.7. The summed E-state index contributed by atoms with van der Waals surface area (Å²) in [6.07, 6.45) is 0. The van der Waals surface area contributed by atoms with Crippen molar-refractivity contribution < 1.29 is 0 Å². The van der Waals surface area contributed by atoms with Crippen LogP contribution in [0.4, 0.5) is 0 Å². The summed E-state index contributed by atoms with van der Waals surface area (Å²) in [5.74, 6) is 0. The van der Waals surface area contributed by atoms with Crippen molar-refractivity contribution in [3.05, 3.63) is 60.7 Å². The highest BCUT2D eigenvalue weighted by atomic mass is 28.3. The minimum absolute atomic E-state index is 1.36. The molecule has 198 valence electrons. The predicted octanol–water partition coefficient (Wildman–Crippen LogP) is 8.48. The molecule has 0 aliphatic carbocycles. The van der Waals surface area contributed by atoms with Crippen LogP contribution in [0.3, 0.4) is 0 Å². The van der Waals surface area contributed by atoms with Crippen LogP contribution in [0.1, 0.15) is 0 Å². The fourth-order valence-corrected chi connectivity index (χ4v) is 16.5. The molecule has 0 fully saturated rings. The van der Waals surface area contributed by atoms with Crippen LogP contribution >= 0.6 is 0 Å². The van der Waals surface area contributed by atoms with E-state index >= 15 is 0 Å². The zero-order valence-electron chi connectivity index (χ0n) is 25.8. The lowest BCUT2D eigenvalue weighted by Crippen LogP contribution is -2.56. The molecular weight excluding hydrogens is 521 g/mol. The van der Waals surface area contributed by atoms with Gasteiger partial charge in [-0.2, -0.15) is 0 Å². The lowest BCUT2D eigenvalue weighted by molar-refractivity contribution is 1.69. The SMILES string of the molecule is C[Si](C)(C)c1cc2cc3cc4cc5cc([Si](C)(C)C)c([Si](C)(C)C)cc5cc4cc3cc2cc1[Si](C)(C)C. The molecule has 0 nitrogen and oxygen atoms in total. The molecule has 0 aliphatic heterocycles. The Balaban J connectivity index is 1.79. The smallest absolute Gasteiger partial charge is 0.0656 e. The van der Waals surface area contributed by atoms with E-state index in [1.165, 1.54) is 43.1 Å². The van der Waals surface area contributed by atoms with Gasteiger partial charge in [-0.1, -0.05) is 124 Å². The van der Waals surface area contributed by atoms with Gasteiger partial charge in [-0.05, 0) is 79.5 Å². The molecule has 38 heavy (non-hydrogen) atoms. The van der Waals surface area contributed by atoms with E-state index in [-0.39, 0.29) is 0 Å². The Morgan fingerprint density at radius 1 is 0.237 bits per heavy atom. The average Bonchev–Trinajstić information content (AvgIpc) is 2.76. The zero-order chi connectivity index (χ0) is 28.0. The van der Waals surface area contributed by atoms with Crippen LogP contribution in [0.15, 0.2) is 60.7 Å². The second-order valence-corrected chi connectivity index (χ2v) is 35.9. The Bertz CT molecular complexity index is 1480. The van der Waals surface area contributed by atoms with Crippen LogP contribution in [-0.4, -0.2) is 32.3 Å². The van der Waals surface area contributed by atoms with Gasteiger partial charge in [-0.15, -0.1) is 0 Å². The van der Waals surface area contributed by atoms with Crippen molar-refractivity contribution in [3.8, 4) is 0 Å². The lowest BCUT2D eigenvalue weighted by Gasteiger charge is -2.29. The van der Waals surface area contributed by atoms with Gasteiger partial charge in [0.25, 0.3) is 0 Å². The Morgan fingerprint density at radius 2 is 0.368 bits per heavy atom. The van der Waals surface area contributed by atoms with E-state index in [1.54, 1.807) is 20.7 Å². The van der Waals surface area contributed by atoms with E-state index < -0.39 is 32.3 Å². The van der Waals surface area contributed by atoms with Crippen molar-refractivity contribution in [1.29, 1.82) is 0 Å². The molecule has 5 rings (SSSR count). The van der Waals surface area contributed by atoms with Crippen molar-refractivity contribution in [3.63, 3.8) is 0 Å². The third-order valence-corrected chi connectivity index (χ3v) is 16.8. The molecule has 0 bridgehead atoms. The first kappa shape index (κ1) is 27.6. The maximum atomic E-state index is 2.55. The van der Waals surface area contributed by atoms with Crippen LogP contribution in [0.25, 0.3) is 43.1 Å². The summed E-state index contributed by atoms with van der Waals surface area (Å²) >= 11 is 0. The molecule has 0 aromatic heterocycles. The normalized spacial score (nSPS) is 13.8. The first-order chi connectivity index (χ1) is 17.3. The highest BCUT2D eigenvalue weighted by Gasteiger charge is 2.29. The highest BCUT2D eigenvalue weighted by molar-refractivity contribution is 6.99. The molecule has 0 unspecified atom stereocenters. The summed E-state index contributed by atoms with van der Waals surface area (Å²) in [6.45, 7) is 30.0. The van der Waals surface area contributed by atoms with Crippen molar-refractivity contribution in [1.82, 2.24) is 0 Å². The number of benzene rings is 5. The fourth-order valence-electron chi connectivity index (χ4n) is 6.09. The largest absolute Gasteiger partial charge is 0.0774 e. The van der Waals surface area contributed by atoms with Gasteiger partial charge in [0, 0.05) is 0 Å². The van der Waals surface area contributed by atoms with E-state index in [9.17, 15) is 0 Å². The van der Waals surface area contributed by atoms with Gasteiger partial charge in [0.1, 0.15) is 0 Å². The van der Waals surface area contributed by atoms with Crippen molar-refractivity contribution >= 4 is 96.1 Å². The molecule has 4 heteroatoms. The Labute approximate surface area is 234 Å². The van der Waals surface area contributed by atoms with Gasteiger partial charge in [0.15, 0.2) is 0 Å². The van der Waals surface area contributed by atoms with E-state index in [0.29, 0.717) is 0 Å². The van der Waals surface area contributed by atoms with Crippen molar-refractivity contribution in [2.24, 2.45) is 0 Å². The lowest BCUT2D eigenvalue weighted by atomic mass is 9.97. The predicted molar refractivity (Wildman–Crippen MR) is 188 cm³/mol. The average molecular weight is 567 g/mol. The van der Waals surface area contributed by atoms with Crippen LogP contribution in [-0.2, 0) is 0 Å². The van der Waals surface area contributed by atoms with E-state index in [0.717, 1.165) is 0 Å². The van der Waals surface area contributed by atoms with Crippen LogP contribution in [0, 0.1) is 0 Å². The standard InChI is InChI=1S/C34H46Si4/c1-35(2,3)31-19-27-15-23-13-25-17-29-21-33(37(7,8)9)34(38(10,11)12)22-30(29)18-26(25)14-24(23)16-28(27)20-32(31)36(4,5)6/h13-22H,1-12H3. The van der Waals surface area contributed by atoms with E-state index in [1.807, 2.05) is 0 Å². The molecule has 0 atom stereocenters. The van der Waals surface area contributed by atoms with Gasteiger partial charge in [-0.3, -0.25) is 0 Å². The Hall–Kier alpha value is -1.99. The van der Waals surface area contributed by atoms with E-state index in [2.05, 4.69) is 139 Å². The maximum Gasteiger partial charge on any atom is 0.0774 e. The molecule has 5 aromatic carbocycles. The number of hydrogen-bond acceptors (Lipinski definition) is 0. The third-order valence-electron chi connectivity index (χ3n) is 8.21. The third kappa shape index (κ3) is 5.01. The topological polar surface area (TPSA) is 0 Å². The number of rotatable bonds is 4. The van der Waals surface area contributed by atoms with Crippen molar-refractivity contribution in [2.45, 2.75) is 78.6 Å². The minimum atomic E-state index is -1.45. The Kier molecular flexibility index (Phi) is 6.35. The van der Waals surface area contributed by atoms with Gasteiger partial charge >= 0.3 is 0 Å². The maximum absolute atomic E-state index is 2.55. The van der Waals surface area contributed by atoms with Crippen molar-refractivity contribution in [2.75, 3.05) is 0 Å². The van der Waals surface area contributed by atoms with E-state index in [4.69, 9.17) is 0 Å². The molecule has 0 N–H and O–H groups in total. The first-order valence-corrected chi connectivity index (χ1v) is 28.3. The summed E-state index contributed by atoms with van der Waals surface area (Å²) in [5.41, 5.74) is 0. The first-order valence-electron chi connectivity index (χ1n) is 14.3. The summed E-state index contributed by atoms with van der Waals surface area (Å²) in [7, 11) is -5.78. The summed E-state index contributed by atoms with van der Waals surface area (Å²) in [5, 5.41) is 17.7. The number of hydrogen-bond donors (Lipinski definition) is 0. The second kappa shape index (κ2) is 8.75. The van der Waals surface area contributed by atoms with Crippen LogP contribution in [0.5, 0.6) is 0 Å². The fraction of sp³-hybridized carbons (Fsp3) is 0.353. The molecule has 0 saturated carbocycles. The minimum Gasteiger partial charge on any atom is -0.0656 e. The molecule has 0 radical (unpaired) electrons. The van der Waals surface area contributed by atoms with Gasteiger partial charge < -0.3 is 0 Å². The molecule has 0 saturated heterocycles. The Morgan fingerprint density at radius 3 is 0.500 bits per heavy atom. The monoisotopic (exact) mass is 566 g/mol. The molecule has 0 spiro atoms.